The summed E-state index contributed by atoms with van der Waals surface area (Å²) in [6.45, 7) is 2.99. The van der Waals surface area contributed by atoms with Gasteiger partial charge in [0.05, 0.1) is 11.0 Å². The van der Waals surface area contributed by atoms with Gasteiger partial charge in [0.25, 0.3) is 0 Å². The number of nitrogens with zero attached hydrogens (tertiary/aromatic N) is 1. The first-order valence-corrected chi connectivity index (χ1v) is 5.57. The van der Waals surface area contributed by atoms with Crippen LogP contribution in [0, 0.1) is 10.1 Å². The van der Waals surface area contributed by atoms with Crippen LogP contribution in [0.15, 0.2) is 12.1 Å². The Kier molecular flexibility index (Phi) is 4.67. The first-order valence-electron chi connectivity index (χ1n) is 4.75. The Labute approximate surface area is 91.9 Å². The molecule has 84 valence electrons. The van der Waals surface area contributed by atoms with Crippen molar-refractivity contribution in [1.82, 2.24) is 5.32 Å². The molecule has 0 amide bonds. The van der Waals surface area contributed by atoms with E-state index >= 15 is 0 Å². The normalized spacial score (nSPS) is 12.7. The molecule has 2 N–H and O–H groups in total. The molecule has 1 unspecified atom stereocenters. The molecule has 5 nitrogen and oxygen atoms in total. The van der Waals surface area contributed by atoms with Crippen molar-refractivity contribution in [3.05, 3.63) is 27.1 Å². The summed E-state index contributed by atoms with van der Waals surface area (Å²) in [5.41, 5.74) is 0. The van der Waals surface area contributed by atoms with Gasteiger partial charge >= 0.3 is 5.00 Å². The number of thiophene rings is 1. The van der Waals surface area contributed by atoms with E-state index in [1.165, 1.54) is 6.07 Å². The van der Waals surface area contributed by atoms with E-state index in [-0.39, 0.29) is 11.1 Å². The molecule has 0 aromatic carbocycles. The fourth-order valence-electron chi connectivity index (χ4n) is 1.07. The van der Waals surface area contributed by atoms with Crippen LogP contribution in [-0.4, -0.2) is 22.7 Å². The van der Waals surface area contributed by atoms with Crippen molar-refractivity contribution in [2.75, 3.05) is 6.54 Å². The zero-order chi connectivity index (χ0) is 11.3. The molecule has 1 aromatic rings. The first-order chi connectivity index (χ1) is 7.13. The maximum Gasteiger partial charge on any atom is 0.324 e. The summed E-state index contributed by atoms with van der Waals surface area (Å²) in [6, 6.07) is 3.23. The zero-order valence-electron chi connectivity index (χ0n) is 8.47. The molecule has 0 saturated heterocycles. The Balaban J connectivity index is 2.35. The Hall–Kier alpha value is -0.980. The number of hydrogen-bond acceptors (Lipinski definition) is 5. The Bertz CT molecular complexity index is 327. The van der Waals surface area contributed by atoms with Crippen molar-refractivity contribution in [3.8, 4) is 0 Å². The second kappa shape index (κ2) is 5.79. The molecule has 0 bridgehead atoms. The van der Waals surface area contributed by atoms with Gasteiger partial charge in [-0.15, -0.1) is 0 Å². The van der Waals surface area contributed by atoms with Gasteiger partial charge in [-0.3, -0.25) is 10.1 Å². The molecule has 6 heteroatoms. The van der Waals surface area contributed by atoms with E-state index in [0.717, 1.165) is 16.2 Å². The summed E-state index contributed by atoms with van der Waals surface area (Å²) >= 11 is 1.16. The van der Waals surface area contributed by atoms with Gasteiger partial charge in [-0.25, -0.2) is 0 Å². The molecule has 0 spiro atoms. The molecule has 0 aliphatic carbocycles. The number of aliphatic hydroxyl groups excluding tert-OH is 1. The van der Waals surface area contributed by atoms with Crippen molar-refractivity contribution in [2.45, 2.75) is 26.0 Å². The van der Waals surface area contributed by atoms with Crippen LogP contribution in [0.25, 0.3) is 0 Å². The standard InChI is InChI=1S/C9H14N2O3S/c1-2-7(12)5-10-6-8-3-4-9(15-8)11(13)14/h3-4,7,10,12H,2,5-6H2,1H3. The van der Waals surface area contributed by atoms with Crippen LogP contribution in [0.1, 0.15) is 18.2 Å². The number of nitro groups is 1. The van der Waals surface area contributed by atoms with Crippen LogP contribution < -0.4 is 5.32 Å². The van der Waals surface area contributed by atoms with Crippen LogP contribution in [0.2, 0.25) is 0 Å². The smallest absolute Gasteiger partial charge is 0.324 e. The molecule has 1 aromatic heterocycles. The van der Waals surface area contributed by atoms with Gasteiger partial charge in [0, 0.05) is 24.0 Å². The minimum atomic E-state index is -0.394. The molecule has 0 aliphatic rings. The van der Waals surface area contributed by atoms with Crippen LogP contribution in [0.4, 0.5) is 5.00 Å². The third-order valence-corrected chi connectivity index (χ3v) is 3.01. The molecule has 15 heavy (non-hydrogen) atoms. The lowest BCUT2D eigenvalue weighted by atomic mass is 10.3. The van der Waals surface area contributed by atoms with Crippen molar-refractivity contribution in [1.29, 1.82) is 0 Å². The molecule has 0 fully saturated rings. The van der Waals surface area contributed by atoms with Crippen LogP contribution in [0.5, 0.6) is 0 Å². The monoisotopic (exact) mass is 230 g/mol. The molecule has 0 aliphatic heterocycles. The maximum atomic E-state index is 10.4. The van der Waals surface area contributed by atoms with Crippen molar-refractivity contribution in [2.24, 2.45) is 0 Å². The van der Waals surface area contributed by atoms with Gasteiger partial charge in [0.15, 0.2) is 0 Å². The number of aliphatic hydroxyl groups is 1. The topological polar surface area (TPSA) is 75.4 Å². The Morgan fingerprint density at radius 2 is 2.40 bits per heavy atom. The summed E-state index contributed by atoms with van der Waals surface area (Å²) in [5, 5.41) is 22.9. The van der Waals surface area contributed by atoms with E-state index in [4.69, 9.17) is 0 Å². The highest BCUT2D eigenvalue weighted by Gasteiger charge is 2.09. The molecule has 1 heterocycles. The third-order valence-electron chi connectivity index (χ3n) is 1.98. The summed E-state index contributed by atoms with van der Waals surface area (Å²) in [4.78, 5) is 10.9. The van der Waals surface area contributed by atoms with E-state index in [9.17, 15) is 15.2 Å². The molecule has 1 rings (SSSR count). The minimum Gasteiger partial charge on any atom is -0.392 e. The number of nitrogens with one attached hydrogen (secondary N) is 1. The summed E-state index contributed by atoms with van der Waals surface area (Å²) in [5.74, 6) is 0. The van der Waals surface area contributed by atoms with Gasteiger partial charge in [0.2, 0.25) is 0 Å². The molecule has 1 atom stereocenters. The lowest BCUT2D eigenvalue weighted by molar-refractivity contribution is -0.380. The fraction of sp³-hybridized carbons (Fsp3) is 0.556. The largest absolute Gasteiger partial charge is 0.392 e. The average molecular weight is 230 g/mol. The fourth-order valence-corrected chi connectivity index (χ4v) is 1.86. The third kappa shape index (κ3) is 3.94. The van der Waals surface area contributed by atoms with E-state index in [1.54, 1.807) is 6.07 Å². The van der Waals surface area contributed by atoms with Gasteiger partial charge < -0.3 is 10.4 Å². The Morgan fingerprint density at radius 1 is 1.67 bits per heavy atom. The minimum absolute atomic E-state index is 0.155. The highest BCUT2D eigenvalue weighted by atomic mass is 32.1. The quantitative estimate of drug-likeness (QED) is 0.574. The van der Waals surface area contributed by atoms with Crippen LogP contribution in [-0.2, 0) is 6.54 Å². The van der Waals surface area contributed by atoms with E-state index in [1.807, 2.05) is 6.92 Å². The summed E-state index contributed by atoms with van der Waals surface area (Å²) in [7, 11) is 0. The van der Waals surface area contributed by atoms with Gasteiger partial charge in [-0.05, 0) is 12.5 Å². The first kappa shape index (κ1) is 12.1. The van der Waals surface area contributed by atoms with Crippen molar-refractivity contribution < 1.29 is 10.0 Å². The molecule has 0 radical (unpaired) electrons. The van der Waals surface area contributed by atoms with Gasteiger partial charge in [0.1, 0.15) is 0 Å². The van der Waals surface area contributed by atoms with E-state index in [2.05, 4.69) is 5.32 Å². The Morgan fingerprint density at radius 3 is 2.93 bits per heavy atom. The maximum absolute atomic E-state index is 10.4. The molecular weight excluding hydrogens is 216 g/mol. The lowest BCUT2D eigenvalue weighted by Crippen LogP contribution is -2.25. The second-order valence-electron chi connectivity index (χ2n) is 3.19. The highest BCUT2D eigenvalue weighted by Crippen LogP contribution is 2.23. The van der Waals surface area contributed by atoms with Gasteiger partial charge in [-0.1, -0.05) is 18.3 Å². The number of rotatable bonds is 6. The molecular formula is C9H14N2O3S. The predicted molar refractivity (Wildman–Crippen MR) is 59.0 cm³/mol. The SMILES string of the molecule is CCC(O)CNCc1ccc([N+](=O)[O-])s1. The van der Waals surface area contributed by atoms with Gasteiger partial charge in [-0.2, -0.15) is 0 Å². The van der Waals surface area contributed by atoms with E-state index in [0.29, 0.717) is 19.5 Å². The second-order valence-corrected chi connectivity index (χ2v) is 4.34. The van der Waals surface area contributed by atoms with E-state index < -0.39 is 4.92 Å². The summed E-state index contributed by atoms with van der Waals surface area (Å²) in [6.07, 6.45) is 0.359. The predicted octanol–water partition coefficient (Wildman–Crippen LogP) is 1.52. The highest BCUT2D eigenvalue weighted by molar-refractivity contribution is 7.15. The van der Waals surface area contributed by atoms with Crippen LogP contribution in [0.3, 0.4) is 0 Å². The van der Waals surface area contributed by atoms with Crippen molar-refractivity contribution >= 4 is 16.3 Å². The lowest BCUT2D eigenvalue weighted by Gasteiger charge is -2.07. The average Bonchev–Trinajstić information content (AvgIpc) is 2.66. The van der Waals surface area contributed by atoms with Crippen molar-refractivity contribution in [3.63, 3.8) is 0 Å². The number of hydrogen-bond donors (Lipinski definition) is 2. The summed E-state index contributed by atoms with van der Waals surface area (Å²) < 4.78 is 0. The molecule has 0 saturated carbocycles. The zero-order valence-corrected chi connectivity index (χ0v) is 9.29. The van der Waals surface area contributed by atoms with Crippen LogP contribution >= 0.6 is 11.3 Å².